The number of likely N-dealkylation sites (N-methyl/N-ethyl adjacent to an activating group) is 1. The third-order valence-corrected chi connectivity index (χ3v) is 4.93. The number of hydrogen-bond acceptors (Lipinski definition) is 5. The molecule has 0 spiro atoms. The molecule has 1 aliphatic rings. The van der Waals surface area contributed by atoms with Crippen LogP contribution in [0.2, 0.25) is 0 Å². The first kappa shape index (κ1) is 19.8. The lowest BCUT2D eigenvalue weighted by molar-refractivity contribution is -0.116. The fourth-order valence-corrected chi connectivity index (χ4v) is 3.16. The Morgan fingerprint density at radius 2 is 1.93 bits per heavy atom. The Kier molecular flexibility index (Phi) is 6.26. The number of aromatic nitrogens is 1. The van der Waals surface area contributed by atoms with Crippen LogP contribution in [-0.2, 0) is 9.53 Å². The highest BCUT2D eigenvalue weighted by Gasteiger charge is 2.23. The Bertz CT molecular complexity index is 862. The van der Waals surface area contributed by atoms with Gasteiger partial charge in [0.05, 0.1) is 25.3 Å². The number of nitrogens with zero attached hydrogens (tertiary/aromatic N) is 3. The van der Waals surface area contributed by atoms with E-state index in [1.165, 1.54) is 4.90 Å². The van der Waals surface area contributed by atoms with E-state index in [0.29, 0.717) is 37.7 Å². The minimum atomic E-state index is -0.235. The fourth-order valence-electron chi connectivity index (χ4n) is 3.16. The highest BCUT2D eigenvalue weighted by atomic mass is 16.5. The lowest BCUT2D eigenvalue weighted by atomic mass is 10.1. The van der Waals surface area contributed by atoms with E-state index >= 15 is 0 Å². The molecule has 2 amide bonds. The zero-order chi connectivity index (χ0) is 20.1. The average Bonchev–Trinajstić information content (AvgIpc) is 2.71. The Morgan fingerprint density at radius 1 is 1.18 bits per heavy atom. The summed E-state index contributed by atoms with van der Waals surface area (Å²) >= 11 is 0. The summed E-state index contributed by atoms with van der Waals surface area (Å²) in [7, 11) is 1.63. The number of amides is 2. The van der Waals surface area contributed by atoms with Crippen LogP contribution in [0.3, 0.4) is 0 Å². The van der Waals surface area contributed by atoms with Gasteiger partial charge in [-0.25, -0.2) is 4.98 Å². The first-order valence-electron chi connectivity index (χ1n) is 9.36. The molecule has 0 aliphatic carbocycles. The van der Waals surface area contributed by atoms with Gasteiger partial charge in [0.1, 0.15) is 5.82 Å². The normalized spacial score (nSPS) is 13.9. The summed E-state index contributed by atoms with van der Waals surface area (Å²) in [5.74, 6) is 0.171. The largest absolute Gasteiger partial charge is 0.378 e. The van der Waals surface area contributed by atoms with Crippen LogP contribution in [-0.4, -0.2) is 61.6 Å². The molecule has 1 aromatic heterocycles. The van der Waals surface area contributed by atoms with Crippen LogP contribution in [0.5, 0.6) is 0 Å². The van der Waals surface area contributed by atoms with Crippen LogP contribution in [0.4, 0.5) is 11.5 Å². The van der Waals surface area contributed by atoms with Gasteiger partial charge in [-0.2, -0.15) is 0 Å². The standard InChI is InChI=1S/C21H26N4O3/c1-15-6-4-8-18(16(15)2)23-19(26)14-24(3)21(27)17-7-5-9-22-20(17)25-10-12-28-13-11-25/h4-9H,10-14H2,1-3H3,(H,23,26). The van der Waals surface area contributed by atoms with Crippen molar-refractivity contribution < 1.29 is 14.3 Å². The van der Waals surface area contributed by atoms with Crippen LogP contribution >= 0.6 is 0 Å². The summed E-state index contributed by atoms with van der Waals surface area (Å²) < 4.78 is 5.38. The second-order valence-corrected chi connectivity index (χ2v) is 6.93. The molecule has 1 N–H and O–H groups in total. The number of carbonyl (C=O) groups is 2. The molecule has 3 rings (SSSR count). The number of benzene rings is 1. The summed E-state index contributed by atoms with van der Waals surface area (Å²) in [4.78, 5) is 33.3. The first-order valence-corrected chi connectivity index (χ1v) is 9.36. The van der Waals surface area contributed by atoms with Crippen LogP contribution < -0.4 is 10.2 Å². The topological polar surface area (TPSA) is 74.8 Å². The van der Waals surface area contributed by atoms with Gasteiger partial charge in [0, 0.05) is 32.0 Å². The van der Waals surface area contributed by atoms with E-state index in [1.54, 1.807) is 25.4 Å². The van der Waals surface area contributed by atoms with Gasteiger partial charge >= 0.3 is 0 Å². The molecular weight excluding hydrogens is 356 g/mol. The van der Waals surface area contributed by atoms with E-state index in [1.807, 2.05) is 36.9 Å². The third kappa shape index (κ3) is 4.48. The molecule has 2 aromatic rings. The summed E-state index contributed by atoms with van der Waals surface area (Å²) in [5.41, 5.74) is 3.38. The average molecular weight is 382 g/mol. The molecule has 2 heterocycles. The lowest BCUT2D eigenvalue weighted by Crippen LogP contribution is -2.40. The van der Waals surface area contributed by atoms with Crippen molar-refractivity contribution in [1.82, 2.24) is 9.88 Å². The number of aryl methyl sites for hydroxylation is 1. The molecule has 1 aliphatic heterocycles. The Balaban J connectivity index is 1.69. The van der Waals surface area contributed by atoms with Crippen molar-refractivity contribution in [2.75, 3.05) is 50.1 Å². The van der Waals surface area contributed by atoms with Crippen molar-refractivity contribution in [3.63, 3.8) is 0 Å². The Labute approximate surface area is 165 Å². The number of morpholine rings is 1. The predicted molar refractivity (Wildman–Crippen MR) is 109 cm³/mol. The number of nitrogens with one attached hydrogen (secondary N) is 1. The predicted octanol–water partition coefficient (Wildman–Crippen LogP) is 2.25. The maximum absolute atomic E-state index is 13.0. The summed E-state index contributed by atoms with van der Waals surface area (Å²) in [5, 5.41) is 2.89. The van der Waals surface area contributed by atoms with Gasteiger partial charge in [0.15, 0.2) is 0 Å². The van der Waals surface area contributed by atoms with Crippen molar-refractivity contribution in [3.05, 3.63) is 53.2 Å². The second kappa shape index (κ2) is 8.84. The SMILES string of the molecule is Cc1cccc(NC(=O)CN(C)C(=O)c2cccnc2N2CCOCC2)c1C. The molecule has 148 valence electrons. The highest BCUT2D eigenvalue weighted by Crippen LogP contribution is 2.20. The van der Waals surface area contributed by atoms with Crippen molar-refractivity contribution in [1.29, 1.82) is 0 Å². The summed E-state index contributed by atoms with van der Waals surface area (Å²) in [6.45, 7) is 6.52. The number of anilines is 2. The van der Waals surface area contributed by atoms with Crippen molar-refractivity contribution in [2.45, 2.75) is 13.8 Å². The molecule has 7 nitrogen and oxygen atoms in total. The van der Waals surface area contributed by atoms with E-state index in [9.17, 15) is 9.59 Å². The van der Waals surface area contributed by atoms with Gasteiger partial charge in [-0.1, -0.05) is 12.1 Å². The van der Waals surface area contributed by atoms with Crippen LogP contribution in [0.25, 0.3) is 0 Å². The molecule has 0 unspecified atom stereocenters. The number of carbonyl (C=O) groups excluding carboxylic acids is 2. The quantitative estimate of drug-likeness (QED) is 0.859. The number of hydrogen-bond donors (Lipinski definition) is 1. The zero-order valence-electron chi connectivity index (χ0n) is 16.6. The van der Waals surface area contributed by atoms with Crippen LogP contribution in [0.15, 0.2) is 36.5 Å². The lowest BCUT2D eigenvalue weighted by Gasteiger charge is -2.29. The first-order chi connectivity index (χ1) is 13.5. The Hall–Kier alpha value is -2.93. The van der Waals surface area contributed by atoms with E-state index in [2.05, 4.69) is 10.3 Å². The van der Waals surface area contributed by atoms with Crippen LogP contribution in [0, 0.1) is 13.8 Å². The van der Waals surface area contributed by atoms with Crippen molar-refractivity contribution >= 4 is 23.3 Å². The van der Waals surface area contributed by atoms with E-state index in [4.69, 9.17) is 4.74 Å². The summed E-state index contributed by atoms with van der Waals surface area (Å²) in [6, 6.07) is 9.24. The maximum Gasteiger partial charge on any atom is 0.257 e. The molecule has 1 aromatic carbocycles. The molecule has 7 heteroatoms. The molecule has 1 fully saturated rings. The van der Waals surface area contributed by atoms with Gasteiger partial charge in [0.2, 0.25) is 5.91 Å². The third-order valence-electron chi connectivity index (χ3n) is 4.93. The van der Waals surface area contributed by atoms with Gasteiger partial charge in [-0.05, 0) is 43.2 Å². The van der Waals surface area contributed by atoms with Crippen LogP contribution in [0.1, 0.15) is 21.5 Å². The minimum Gasteiger partial charge on any atom is -0.378 e. The fraction of sp³-hybridized carbons (Fsp3) is 0.381. The van der Waals surface area contributed by atoms with E-state index < -0.39 is 0 Å². The van der Waals surface area contributed by atoms with Gasteiger partial charge in [0.25, 0.3) is 5.91 Å². The van der Waals surface area contributed by atoms with Crippen molar-refractivity contribution in [2.24, 2.45) is 0 Å². The Morgan fingerprint density at radius 3 is 2.68 bits per heavy atom. The maximum atomic E-state index is 13.0. The van der Waals surface area contributed by atoms with Gasteiger partial charge in [-0.3, -0.25) is 9.59 Å². The summed E-state index contributed by atoms with van der Waals surface area (Å²) in [6.07, 6.45) is 1.68. The molecule has 0 saturated carbocycles. The monoisotopic (exact) mass is 382 g/mol. The molecule has 0 atom stereocenters. The number of pyridine rings is 1. The number of ether oxygens (including phenoxy) is 1. The highest BCUT2D eigenvalue weighted by molar-refractivity contribution is 6.02. The minimum absolute atomic E-state index is 0.0380. The molecule has 0 bridgehead atoms. The smallest absolute Gasteiger partial charge is 0.257 e. The van der Waals surface area contributed by atoms with E-state index in [-0.39, 0.29) is 18.4 Å². The molecule has 1 saturated heterocycles. The zero-order valence-corrected chi connectivity index (χ0v) is 16.6. The van der Waals surface area contributed by atoms with Crippen molar-refractivity contribution in [3.8, 4) is 0 Å². The van der Waals surface area contributed by atoms with Gasteiger partial charge < -0.3 is 19.9 Å². The molecule has 0 radical (unpaired) electrons. The van der Waals surface area contributed by atoms with Gasteiger partial charge in [-0.15, -0.1) is 0 Å². The molecule has 28 heavy (non-hydrogen) atoms. The van der Waals surface area contributed by atoms with E-state index in [0.717, 1.165) is 16.8 Å². The second-order valence-electron chi connectivity index (χ2n) is 6.93. The number of rotatable bonds is 5. The molecular formula is C21H26N4O3.